The molecular weight excluding hydrogens is 232 g/mol. The Balaban J connectivity index is 3.36. The number of nitrogens with zero attached hydrogens (tertiary/aromatic N) is 2. The van der Waals surface area contributed by atoms with Crippen molar-refractivity contribution >= 4 is 11.7 Å². The Morgan fingerprint density at radius 2 is 2.35 bits per heavy atom. The highest BCUT2D eigenvalue weighted by Gasteiger charge is 2.22. The fourth-order valence-electron chi connectivity index (χ4n) is 1.33. The smallest absolute Gasteiger partial charge is 0.310 e. The molecule has 1 aromatic heterocycles. The standard InChI is InChI=1S/C10H9F2N3O2/c1-17-8(16)2-5-7(3-13)15-4-6(14)9(5)10(11)12/h4,10H,2,14H2,1H3. The van der Waals surface area contributed by atoms with E-state index in [4.69, 9.17) is 11.0 Å². The molecule has 0 fully saturated rings. The van der Waals surface area contributed by atoms with Gasteiger partial charge in [0.25, 0.3) is 6.43 Å². The normalized spacial score (nSPS) is 10.1. The summed E-state index contributed by atoms with van der Waals surface area (Å²) in [5.41, 5.74) is 4.13. The number of halogens is 2. The van der Waals surface area contributed by atoms with E-state index in [9.17, 15) is 13.6 Å². The molecule has 0 aromatic carbocycles. The van der Waals surface area contributed by atoms with Crippen LogP contribution in [0.5, 0.6) is 0 Å². The zero-order valence-corrected chi connectivity index (χ0v) is 8.91. The van der Waals surface area contributed by atoms with Crippen molar-refractivity contribution in [1.29, 1.82) is 5.26 Å². The van der Waals surface area contributed by atoms with Gasteiger partial charge in [0.2, 0.25) is 0 Å². The number of nitrogens with two attached hydrogens (primary N) is 1. The summed E-state index contributed by atoms with van der Waals surface area (Å²) >= 11 is 0. The van der Waals surface area contributed by atoms with E-state index in [0.29, 0.717) is 0 Å². The van der Waals surface area contributed by atoms with Gasteiger partial charge >= 0.3 is 5.97 Å². The summed E-state index contributed by atoms with van der Waals surface area (Å²) in [6.07, 6.45) is -2.37. The Morgan fingerprint density at radius 1 is 1.71 bits per heavy atom. The summed E-state index contributed by atoms with van der Waals surface area (Å²) in [7, 11) is 1.12. The van der Waals surface area contributed by atoms with Gasteiger partial charge in [-0.05, 0) is 0 Å². The molecule has 0 unspecified atom stereocenters. The first kappa shape index (κ1) is 12.8. The molecule has 5 nitrogen and oxygen atoms in total. The van der Waals surface area contributed by atoms with Crippen molar-refractivity contribution in [3.63, 3.8) is 0 Å². The summed E-state index contributed by atoms with van der Waals surface area (Å²) in [5, 5.41) is 8.75. The van der Waals surface area contributed by atoms with Crippen LogP contribution >= 0.6 is 0 Å². The second kappa shape index (κ2) is 5.21. The van der Waals surface area contributed by atoms with Crippen LogP contribution in [0, 0.1) is 11.3 Å². The van der Waals surface area contributed by atoms with E-state index < -0.39 is 24.4 Å². The van der Waals surface area contributed by atoms with Crippen LogP contribution in [0.1, 0.15) is 23.2 Å². The number of anilines is 1. The second-order valence-electron chi connectivity index (χ2n) is 3.12. The number of carbonyl (C=O) groups excluding carboxylic acids is 1. The quantitative estimate of drug-likeness (QED) is 0.803. The molecule has 0 saturated heterocycles. The first-order valence-corrected chi connectivity index (χ1v) is 4.53. The first-order chi connectivity index (χ1) is 8.01. The maximum absolute atomic E-state index is 12.8. The number of rotatable bonds is 3. The lowest BCUT2D eigenvalue weighted by molar-refractivity contribution is -0.139. The summed E-state index contributed by atoms with van der Waals surface area (Å²) in [6, 6.07) is 1.64. The molecule has 1 rings (SSSR count). The van der Waals surface area contributed by atoms with Crippen LogP contribution in [0.4, 0.5) is 14.5 Å². The largest absolute Gasteiger partial charge is 0.469 e. The van der Waals surface area contributed by atoms with Crippen LogP contribution < -0.4 is 5.73 Å². The number of esters is 1. The highest BCUT2D eigenvalue weighted by molar-refractivity contribution is 5.75. The van der Waals surface area contributed by atoms with Crippen LogP contribution in [0.2, 0.25) is 0 Å². The maximum atomic E-state index is 12.8. The molecule has 7 heteroatoms. The van der Waals surface area contributed by atoms with Crippen LogP contribution in [0.25, 0.3) is 0 Å². The van der Waals surface area contributed by atoms with Gasteiger partial charge in [0.05, 0.1) is 25.4 Å². The zero-order valence-electron chi connectivity index (χ0n) is 8.91. The van der Waals surface area contributed by atoms with E-state index in [1.165, 1.54) is 0 Å². The molecular formula is C10H9F2N3O2. The van der Waals surface area contributed by atoms with Crippen LogP contribution in [0.15, 0.2) is 6.20 Å². The number of pyridine rings is 1. The third-order valence-electron chi connectivity index (χ3n) is 2.13. The predicted octanol–water partition coefficient (Wildman–Crippen LogP) is 1.19. The molecule has 0 saturated carbocycles. The maximum Gasteiger partial charge on any atom is 0.310 e. The first-order valence-electron chi connectivity index (χ1n) is 4.53. The molecule has 0 radical (unpaired) electrons. The van der Waals surface area contributed by atoms with Crippen LogP contribution in [-0.4, -0.2) is 18.1 Å². The second-order valence-corrected chi connectivity index (χ2v) is 3.12. The number of alkyl halides is 2. The topological polar surface area (TPSA) is 89.0 Å². The number of carbonyl (C=O) groups is 1. The molecule has 1 heterocycles. The third kappa shape index (κ3) is 2.66. The Bertz CT molecular complexity index is 483. The Morgan fingerprint density at radius 3 is 2.82 bits per heavy atom. The highest BCUT2D eigenvalue weighted by Crippen LogP contribution is 2.30. The highest BCUT2D eigenvalue weighted by atomic mass is 19.3. The fourth-order valence-corrected chi connectivity index (χ4v) is 1.33. The summed E-state index contributed by atoms with van der Waals surface area (Å²) in [5.74, 6) is -0.740. The van der Waals surface area contributed by atoms with Gasteiger partial charge in [-0.25, -0.2) is 13.8 Å². The van der Waals surface area contributed by atoms with E-state index >= 15 is 0 Å². The van der Waals surface area contributed by atoms with Gasteiger partial charge in [-0.1, -0.05) is 0 Å². The average molecular weight is 241 g/mol. The fraction of sp³-hybridized carbons (Fsp3) is 0.300. The van der Waals surface area contributed by atoms with Crippen molar-refractivity contribution in [2.24, 2.45) is 0 Å². The van der Waals surface area contributed by atoms with E-state index in [-0.39, 0.29) is 16.9 Å². The average Bonchev–Trinajstić information content (AvgIpc) is 2.28. The lowest BCUT2D eigenvalue weighted by atomic mass is 10.0. The van der Waals surface area contributed by atoms with Crippen LogP contribution in [0.3, 0.4) is 0 Å². The van der Waals surface area contributed by atoms with Crippen molar-refractivity contribution in [3.8, 4) is 6.07 Å². The third-order valence-corrected chi connectivity index (χ3v) is 2.13. The minimum atomic E-state index is -2.88. The molecule has 0 aliphatic carbocycles. The minimum absolute atomic E-state index is 0.186. The molecule has 0 amide bonds. The predicted molar refractivity (Wildman–Crippen MR) is 54.0 cm³/mol. The summed E-state index contributed by atoms with van der Waals surface area (Å²) in [4.78, 5) is 14.7. The van der Waals surface area contributed by atoms with Gasteiger partial charge in [0.15, 0.2) is 0 Å². The Kier molecular flexibility index (Phi) is 3.93. The molecule has 90 valence electrons. The Labute approximate surface area is 95.8 Å². The molecule has 0 atom stereocenters. The van der Waals surface area contributed by atoms with Crippen molar-refractivity contribution in [2.45, 2.75) is 12.8 Å². The van der Waals surface area contributed by atoms with Gasteiger partial charge in [-0.2, -0.15) is 5.26 Å². The molecule has 0 aliphatic rings. The molecule has 17 heavy (non-hydrogen) atoms. The van der Waals surface area contributed by atoms with Crippen molar-refractivity contribution < 1.29 is 18.3 Å². The van der Waals surface area contributed by atoms with Gasteiger partial charge < -0.3 is 10.5 Å². The van der Waals surface area contributed by atoms with E-state index in [0.717, 1.165) is 13.3 Å². The van der Waals surface area contributed by atoms with Gasteiger partial charge in [-0.3, -0.25) is 4.79 Å². The number of methoxy groups -OCH3 is 1. The Hall–Kier alpha value is -2.23. The number of hydrogen-bond acceptors (Lipinski definition) is 5. The molecule has 0 aliphatic heterocycles. The lowest BCUT2D eigenvalue weighted by Crippen LogP contribution is -2.12. The van der Waals surface area contributed by atoms with E-state index in [2.05, 4.69) is 9.72 Å². The number of nitrogen functional groups attached to an aromatic ring is 1. The van der Waals surface area contributed by atoms with Crippen LogP contribution in [-0.2, 0) is 16.0 Å². The van der Waals surface area contributed by atoms with Crippen molar-refractivity contribution in [1.82, 2.24) is 4.98 Å². The zero-order chi connectivity index (χ0) is 13.0. The minimum Gasteiger partial charge on any atom is -0.469 e. The number of aromatic nitrogens is 1. The SMILES string of the molecule is COC(=O)Cc1c(C#N)ncc(N)c1C(F)F. The van der Waals surface area contributed by atoms with Gasteiger partial charge in [0, 0.05) is 11.1 Å². The van der Waals surface area contributed by atoms with Gasteiger partial charge in [0.1, 0.15) is 11.8 Å². The number of nitriles is 1. The van der Waals surface area contributed by atoms with Crippen molar-refractivity contribution in [2.75, 3.05) is 12.8 Å². The molecule has 1 aromatic rings. The van der Waals surface area contributed by atoms with E-state index in [1.807, 2.05) is 0 Å². The van der Waals surface area contributed by atoms with E-state index in [1.54, 1.807) is 6.07 Å². The molecule has 2 N–H and O–H groups in total. The summed E-state index contributed by atoms with van der Waals surface area (Å²) < 4.78 is 29.9. The number of ether oxygens (including phenoxy) is 1. The monoisotopic (exact) mass is 241 g/mol. The molecule has 0 spiro atoms. The molecule has 0 bridgehead atoms. The van der Waals surface area contributed by atoms with Crippen molar-refractivity contribution in [3.05, 3.63) is 23.0 Å². The number of hydrogen-bond donors (Lipinski definition) is 1. The summed E-state index contributed by atoms with van der Waals surface area (Å²) in [6.45, 7) is 0. The lowest BCUT2D eigenvalue weighted by Gasteiger charge is -2.11. The van der Waals surface area contributed by atoms with Gasteiger partial charge in [-0.15, -0.1) is 0 Å².